The van der Waals surface area contributed by atoms with Gasteiger partial charge < -0.3 is 0 Å². The number of rotatable bonds is 12. The molecule has 0 aliphatic rings. The second kappa shape index (κ2) is 12.9. The number of halogens is 1. The van der Waals surface area contributed by atoms with Gasteiger partial charge in [0.25, 0.3) is 0 Å². The third kappa shape index (κ3) is 8.40. The molecule has 0 radical (unpaired) electrons. The number of hydrogen-bond donors (Lipinski definition) is 1. The summed E-state index contributed by atoms with van der Waals surface area (Å²) in [6.45, 7) is 4.67. The summed E-state index contributed by atoms with van der Waals surface area (Å²) in [5, 5.41) is 6.25. The minimum absolute atomic E-state index is 0.0363. The molecule has 0 spiro atoms. The van der Waals surface area contributed by atoms with Crippen LogP contribution >= 0.6 is 11.6 Å². The van der Waals surface area contributed by atoms with Crippen molar-refractivity contribution in [3.63, 3.8) is 0 Å². The van der Waals surface area contributed by atoms with Crippen molar-refractivity contribution in [3.05, 3.63) is 64.7 Å². The standard InChI is InChI=1S/C20H23ClNO3.C3H7.Cr/c1-4-19(24-3)14(2)22-20(23)16-7-11-18(12-8-16)25-13-15-5-9-17(21)10-6-15;1-3-2;/h5-12,14,19H,1,4,13H2,2-3H3,(H,22,23);1,3H2,2H3;. The van der Waals surface area contributed by atoms with Crippen molar-refractivity contribution in [2.75, 3.05) is 7.11 Å². The van der Waals surface area contributed by atoms with Crippen LogP contribution in [-0.2, 0) is 26.6 Å². The molecular formula is C23H30ClCrNO3. The summed E-state index contributed by atoms with van der Waals surface area (Å²) in [4.78, 5) is 12.6. The first kappa shape index (κ1) is 23.8. The fraction of sp³-hybridized carbons (Fsp3) is 0.435. The van der Waals surface area contributed by atoms with Crippen molar-refractivity contribution in [3.8, 4) is 5.75 Å². The van der Waals surface area contributed by atoms with E-state index < -0.39 is 0 Å². The summed E-state index contributed by atoms with van der Waals surface area (Å²) in [5.74, 6) is 0.625. The molecule has 2 atom stereocenters. The zero-order valence-corrected chi connectivity index (χ0v) is 19.4. The van der Waals surface area contributed by atoms with E-state index in [1.54, 1.807) is 19.2 Å². The monoisotopic (exact) mass is 455 g/mol. The Morgan fingerprint density at radius 1 is 1.10 bits per heavy atom. The Morgan fingerprint density at radius 3 is 2.41 bits per heavy atom. The third-order valence-electron chi connectivity index (χ3n) is 4.55. The third-order valence-corrected chi connectivity index (χ3v) is 6.71. The first-order valence-corrected chi connectivity index (χ1v) is 12.1. The van der Waals surface area contributed by atoms with Gasteiger partial charge >= 0.3 is 139 Å². The van der Waals surface area contributed by atoms with Crippen LogP contribution < -0.4 is 10.1 Å². The predicted molar refractivity (Wildman–Crippen MR) is 114 cm³/mol. The number of amides is 1. The summed E-state index contributed by atoms with van der Waals surface area (Å²) in [6.07, 6.45) is 2.26. The average molecular weight is 456 g/mol. The van der Waals surface area contributed by atoms with Crippen LogP contribution in [-0.4, -0.2) is 25.2 Å². The maximum absolute atomic E-state index is 12.6. The van der Waals surface area contributed by atoms with Crippen LogP contribution in [0.25, 0.3) is 0 Å². The number of benzene rings is 2. The Balaban J connectivity index is 1.83. The molecule has 0 fully saturated rings. The summed E-state index contributed by atoms with van der Waals surface area (Å²) in [6, 6.07) is 14.7. The van der Waals surface area contributed by atoms with Crippen LogP contribution in [0.1, 0.15) is 42.6 Å². The van der Waals surface area contributed by atoms with Gasteiger partial charge in [-0.25, -0.2) is 0 Å². The average Bonchev–Trinajstić information content (AvgIpc) is 2.73. The van der Waals surface area contributed by atoms with Crippen LogP contribution in [0.15, 0.2) is 48.5 Å². The molecule has 6 heteroatoms. The van der Waals surface area contributed by atoms with Crippen molar-refractivity contribution in [1.29, 1.82) is 0 Å². The van der Waals surface area contributed by atoms with Crippen molar-refractivity contribution in [2.45, 2.75) is 56.0 Å². The molecule has 4 nitrogen and oxygen atoms in total. The molecule has 2 aromatic carbocycles. The number of nitrogens with one attached hydrogen (secondary N) is 1. The van der Waals surface area contributed by atoms with Gasteiger partial charge in [0.05, 0.1) is 0 Å². The molecule has 0 aliphatic heterocycles. The SMILES string of the molecule is CC[CH2][Cr][CH2]CC(OC)C(C)NC(=O)c1ccc(OCc2ccc(Cl)cc2)cc1. The molecule has 2 aromatic rings. The van der Waals surface area contributed by atoms with Crippen LogP contribution in [0.4, 0.5) is 0 Å². The fourth-order valence-corrected chi connectivity index (χ4v) is 4.37. The van der Waals surface area contributed by atoms with Crippen molar-refractivity contribution < 1.29 is 29.5 Å². The van der Waals surface area contributed by atoms with Crippen molar-refractivity contribution in [2.24, 2.45) is 0 Å². The molecule has 1 amide bonds. The summed E-state index contributed by atoms with van der Waals surface area (Å²) < 4.78 is 11.4. The predicted octanol–water partition coefficient (Wildman–Crippen LogP) is 5.77. The first-order chi connectivity index (χ1) is 14.0. The Labute approximate surface area is 185 Å². The molecule has 2 rings (SSSR count). The van der Waals surface area contributed by atoms with Crippen LogP contribution in [0.5, 0.6) is 5.75 Å². The first-order valence-electron chi connectivity index (χ1n) is 9.92. The summed E-state index contributed by atoms with van der Waals surface area (Å²) >= 11 is 6.56. The van der Waals surface area contributed by atoms with Gasteiger partial charge in [-0.2, -0.15) is 0 Å². The molecule has 1 N–H and O–H groups in total. The van der Waals surface area contributed by atoms with E-state index >= 15 is 0 Å². The maximum atomic E-state index is 12.6. The molecule has 0 aliphatic carbocycles. The van der Waals surface area contributed by atoms with Crippen LogP contribution in [0.2, 0.25) is 15.6 Å². The van der Waals surface area contributed by atoms with E-state index in [2.05, 4.69) is 12.2 Å². The van der Waals surface area contributed by atoms with Gasteiger partial charge in [-0.05, 0) is 17.7 Å². The van der Waals surface area contributed by atoms with Gasteiger partial charge in [-0.15, -0.1) is 0 Å². The zero-order valence-electron chi connectivity index (χ0n) is 17.3. The molecular weight excluding hydrogens is 426 g/mol. The summed E-state index contributed by atoms with van der Waals surface area (Å²) in [7, 11) is 1.72. The minimum atomic E-state index is -0.0946. The summed E-state index contributed by atoms with van der Waals surface area (Å²) in [5.41, 5.74) is 1.65. The number of hydrogen-bond acceptors (Lipinski definition) is 3. The van der Waals surface area contributed by atoms with E-state index in [1.165, 1.54) is 17.0 Å². The molecule has 29 heavy (non-hydrogen) atoms. The van der Waals surface area contributed by atoms with Gasteiger partial charge in [-0.3, -0.25) is 0 Å². The Hall–Kier alpha value is -1.51. The van der Waals surface area contributed by atoms with Crippen LogP contribution in [0.3, 0.4) is 0 Å². The number of methoxy groups -OCH3 is 1. The quantitative estimate of drug-likeness (QED) is 0.413. The van der Waals surface area contributed by atoms with Gasteiger partial charge in [0.1, 0.15) is 0 Å². The van der Waals surface area contributed by atoms with Crippen molar-refractivity contribution >= 4 is 17.5 Å². The number of ether oxygens (including phenoxy) is 2. The number of carbonyl (C=O) groups is 1. The topological polar surface area (TPSA) is 47.6 Å². The van der Waals surface area contributed by atoms with E-state index in [1.807, 2.05) is 43.3 Å². The van der Waals surface area contributed by atoms with Gasteiger partial charge in [0, 0.05) is 5.02 Å². The van der Waals surface area contributed by atoms with E-state index in [-0.39, 0.29) is 18.1 Å². The molecule has 0 aromatic heterocycles. The molecule has 0 bridgehead atoms. The van der Waals surface area contributed by atoms with Gasteiger partial charge in [0.2, 0.25) is 0 Å². The fourth-order valence-electron chi connectivity index (χ4n) is 2.85. The Bertz CT molecular complexity index is 737. The van der Waals surface area contributed by atoms with E-state index in [9.17, 15) is 4.79 Å². The number of carbonyl (C=O) groups excluding carboxylic acids is 1. The normalized spacial score (nSPS) is 13.0. The van der Waals surface area contributed by atoms with Gasteiger partial charge in [-0.1, -0.05) is 23.7 Å². The van der Waals surface area contributed by atoms with E-state index in [0.29, 0.717) is 32.4 Å². The van der Waals surface area contributed by atoms with E-state index in [0.717, 1.165) is 17.7 Å². The molecule has 158 valence electrons. The second-order valence-corrected chi connectivity index (χ2v) is 9.23. The molecule has 0 heterocycles. The van der Waals surface area contributed by atoms with Gasteiger partial charge in [0.15, 0.2) is 0 Å². The zero-order chi connectivity index (χ0) is 21.1. The molecule has 0 saturated carbocycles. The van der Waals surface area contributed by atoms with Crippen LogP contribution in [0, 0.1) is 0 Å². The van der Waals surface area contributed by atoms with Crippen molar-refractivity contribution in [1.82, 2.24) is 5.32 Å². The Morgan fingerprint density at radius 2 is 1.79 bits per heavy atom. The second-order valence-electron chi connectivity index (χ2n) is 6.88. The Kier molecular flexibility index (Phi) is 10.6. The molecule has 0 saturated heterocycles. The van der Waals surface area contributed by atoms with E-state index in [4.69, 9.17) is 21.1 Å². The molecule has 2 unspecified atom stereocenters.